The van der Waals surface area contributed by atoms with E-state index in [-0.39, 0.29) is 0 Å². The molecule has 3 nitrogen and oxygen atoms in total. The summed E-state index contributed by atoms with van der Waals surface area (Å²) in [6, 6.07) is 25.2. The van der Waals surface area contributed by atoms with Crippen LogP contribution in [0.3, 0.4) is 0 Å². The molecule has 0 spiro atoms. The van der Waals surface area contributed by atoms with E-state index in [4.69, 9.17) is 8.83 Å². The number of para-hydroxylation sites is 2. The highest BCUT2D eigenvalue weighted by Gasteiger charge is 2.16. The van der Waals surface area contributed by atoms with Crippen LogP contribution in [0.4, 0.5) is 0 Å². The first-order valence-corrected chi connectivity index (χ1v) is 10.8. The van der Waals surface area contributed by atoms with E-state index in [0.29, 0.717) is 0 Å². The van der Waals surface area contributed by atoms with Crippen molar-refractivity contribution in [1.82, 2.24) is 4.98 Å². The second kappa shape index (κ2) is 6.21. The molecule has 0 saturated heterocycles. The predicted molar refractivity (Wildman–Crippen MR) is 131 cm³/mol. The largest absolute Gasteiger partial charge is 0.456 e. The molecule has 0 aliphatic heterocycles. The third-order valence-electron chi connectivity index (χ3n) is 6.62. The smallest absolute Gasteiger partial charge is 0.144 e. The molecule has 3 heteroatoms. The van der Waals surface area contributed by atoms with Crippen LogP contribution in [0, 0.1) is 13.8 Å². The van der Waals surface area contributed by atoms with E-state index in [1.807, 2.05) is 18.3 Å². The number of rotatable bonds is 1. The zero-order valence-electron chi connectivity index (χ0n) is 17.8. The van der Waals surface area contributed by atoms with E-state index in [0.717, 1.165) is 60.5 Å². The Morgan fingerprint density at radius 2 is 1.50 bits per heavy atom. The molecule has 0 aliphatic rings. The van der Waals surface area contributed by atoms with E-state index in [1.165, 1.54) is 16.5 Å². The summed E-state index contributed by atoms with van der Waals surface area (Å²) in [5.41, 5.74) is 7.92. The average Bonchev–Trinajstić information content (AvgIpc) is 3.37. The maximum Gasteiger partial charge on any atom is 0.144 e. The van der Waals surface area contributed by atoms with Crippen LogP contribution in [-0.4, -0.2) is 4.98 Å². The zero-order chi connectivity index (χ0) is 21.4. The standard InChI is InChI=1S/C29H19NO2/c1-16-12-24(30-15-17(16)2)20-8-5-7-19-23-13-18-10-11-26-28(21-6-3-4-9-25(21)31-26)22(18)14-27(23)32-29(19)20/h3-15H,1-2H3. The monoisotopic (exact) mass is 413 g/mol. The van der Waals surface area contributed by atoms with Crippen molar-refractivity contribution in [2.45, 2.75) is 13.8 Å². The molecule has 0 atom stereocenters. The predicted octanol–water partition coefficient (Wildman–Crippen LogP) is 8.32. The van der Waals surface area contributed by atoms with Crippen LogP contribution in [0.2, 0.25) is 0 Å². The summed E-state index contributed by atoms with van der Waals surface area (Å²) >= 11 is 0. The van der Waals surface area contributed by atoms with Gasteiger partial charge in [-0.05, 0) is 72.1 Å². The Morgan fingerprint density at radius 3 is 2.41 bits per heavy atom. The van der Waals surface area contributed by atoms with Crippen LogP contribution in [0.15, 0.2) is 87.8 Å². The lowest BCUT2D eigenvalue weighted by Gasteiger charge is -2.05. The lowest BCUT2D eigenvalue weighted by atomic mass is 10.0. The molecule has 0 fully saturated rings. The molecular weight excluding hydrogens is 394 g/mol. The van der Waals surface area contributed by atoms with E-state index < -0.39 is 0 Å². The number of pyridine rings is 1. The Morgan fingerprint density at radius 1 is 0.625 bits per heavy atom. The topological polar surface area (TPSA) is 39.2 Å². The van der Waals surface area contributed by atoms with Gasteiger partial charge in [-0.25, -0.2) is 0 Å². The van der Waals surface area contributed by atoms with Gasteiger partial charge in [-0.15, -0.1) is 0 Å². The highest BCUT2D eigenvalue weighted by molar-refractivity contribution is 6.22. The van der Waals surface area contributed by atoms with Crippen LogP contribution in [0.1, 0.15) is 11.1 Å². The van der Waals surface area contributed by atoms with Gasteiger partial charge in [-0.2, -0.15) is 0 Å². The lowest BCUT2D eigenvalue weighted by Crippen LogP contribution is -1.88. The van der Waals surface area contributed by atoms with Crippen LogP contribution in [0.25, 0.3) is 65.9 Å². The van der Waals surface area contributed by atoms with Crippen molar-refractivity contribution in [3.8, 4) is 11.3 Å². The van der Waals surface area contributed by atoms with Gasteiger partial charge in [0.1, 0.15) is 22.3 Å². The molecule has 32 heavy (non-hydrogen) atoms. The second-order valence-corrected chi connectivity index (χ2v) is 8.54. The van der Waals surface area contributed by atoms with Gasteiger partial charge < -0.3 is 8.83 Å². The average molecular weight is 413 g/mol. The van der Waals surface area contributed by atoms with Crippen molar-refractivity contribution >= 4 is 54.6 Å². The van der Waals surface area contributed by atoms with Crippen molar-refractivity contribution in [3.63, 3.8) is 0 Å². The lowest BCUT2D eigenvalue weighted by molar-refractivity contribution is 0.669. The molecule has 0 unspecified atom stereocenters. The van der Waals surface area contributed by atoms with E-state index in [2.05, 4.69) is 79.5 Å². The Labute approximate surface area is 183 Å². The van der Waals surface area contributed by atoms with E-state index in [9.17, 15) is 0 Å². The molecule has 4 aromatic carbocycles. The molecule has 0 aliphatic carbocycles. The van der Waals surface area contributed by atoms with Gasteiger partial charge in [0.15, 0.2) is 0 Å². The van der Waals surface area contributed by atoms with Crippen molar-refractivity contribution in [1.29, 1.82) is 0 Å². The Kier molecular flexibility index (Phi) is 3.41. The highest BCUT2D eigenvalue weighted by Crippen LogP contribution is 2.40. The maximum atomic E-state index is 6.48. The Bertz CT molecular complexity index is 1850. The van der Waals surface area contributed by atoms with Gasteiger partial charge >= 0.3 is 0 Å². The number of nitrogens with zero attached hydrogens (tertiary/aromatic N) is 1. The fraction of sp³-hybridized carbons (Fsp3) is 0.0690. The fourth-order valence-electron chi connectivity index (χ4n) is 4.81. The third kappa shape index (κ3) is 2.33. The van der Waals surface area contributed by atoms with Crippen LogP contribution in [0.5, 0.6) is 0 Å². The highest BCUT2D eigenvalue weighted by atomic mass is 16.3. The second-order valence-electron chi connectivity index (χ2n) is 8.54. The number of fused-ring (bicyclic) bond motifs is 8. The normalized spacial score (nSPS) is 12.1. The zero-order valence-corrected chi connectivity index (χ0v) is 17.8. The van der Waals surface area contributed by atoms with Gasteiger partial charge in [-0.3, -0.25) is 4.98 Å². The van der Waals surface area contributed by atoms with Gasteiger partial charge in [-0.1, -0.05) is 36.4 Å². The number of benzene rings is 4. The molecule has 0 amide bonds. The quantitative estimate of drug-likeness (QED) is 0.272. The molecule has 3 aromatic heterocycles. The first kappa shape index (κ1) is 17.6. The number of aromatic nitrogens is 1. The molecule has 0 bridgehead atoms. The number of hydrogen-bond acceptors (Lipinski definition) is 3. The number of aryl methyl sites for hydroxylation is 2. The molecule has 3 heterocycles. The van der Waals surface area contributed by atoms with E-state index >= 15 is 0 Å². The minimum atomic E-state index is 0.876. The summed E-state index contributed by atoms with van der Waals surface area (Å²) < 4.78 is 12.6. The van der Waals surface area contributed by atoms with Gasteiger partial charge in [0.2, 0.25) is 0 Å². The minimum Gasteiger partial charge on any atom is -0.456 e. The summed E-state index contributed by atoms with van der Waals surface area (Å²) in [5.74, 6) is 0. The summed E-state index contributed by atoms with van der Waals surface area (Å²) in [7, 11) is 0. The third-order valence-corrected chi connectivity index (χ3v) is 6.62. The van der Waals surface area contributed by atoms with Crippen molar-refractivity contribution in [3.05, 3.63) is 90.1 Å². The molecule has 7 rings (SSSR count). The minimum absolute atomic E-state index is 0.876. The van der Waals surface area contributed by atoms with Gasteiger partial charge in [0.25, 0.3) is 0 Å². The van der Waals surface area contributed by atoms with Crippen molar-refractivity contribution in [2.75, 3.05) is 0 Å². The summed E-state index contributed by atoms with van der Waals surface area (Å²) in [6.45, 7) is 4.20. The van der Waals surface area contributed by atoms with Crippen molar-refractivity contribution < 1.29 is 8.83 Å². The SMILES string of the molecule is Cc1cnc(-c2cccc3c2oc2cc4c(ccc5oc6ccccc6c54)cc23)cc1C. The molecule has 0 radical (unpaired) electrons. The van der Waals surface area contributed by atoms with Crippen LogP contribution < -0.4 is 0 Å². The number of hydrogen-bond donors (Lipinski definition) is 0. The van der Waals surface area contributed by atoms with Crippen LogP contribution >= 0.6 is 0 Å². The molecular formula is C29H19NO2. The summed E-state index contributed by atoms with van der Waals surface area (Å²) in [6.07, 6.45) is 1.93. The Hall–Kier alpha value is -4.11. The van der Waals surface area contributed by atoms with E-state index in [1.54, 1.807) is 0 Å². The molecule has 0 N–H and O–H groups in total. The first-order valence-electron chi connectivity index (χ1n) is 10.8. The molecule has 7 aromatic rings. The molecule has 0 saturated carbocycles. The molecule has 152 valence electrons. The van der Waals surface area contributed by atoms with Gasteiger partial charge in [0.05, 0.1) is 5.69 Å². The van der Waals surface area contributed by atoms with Gasteiger partial charge in [0, 0.05) is 33.3 Å². The summed E-state index contributed by atoms with van der Waals surface area (Å²) in [5, 5.41) is 6.81. The first-order chi connectivity index (χ1) is 15.7. The van der Waals surface area contributed by atoms with Crippen molar-refractivity contribution in [2.24, 2.45) is 0 Å². The van der Waals surface area contributed by atoms with Crippen LogP contribution in [-0.2, 0) is 0 Å². The Balaban J connectivity index is 1.58. The maximum absolute atomic E-state index is 6.48. The summed E-state index contributed by atoms with van der Waals surface area (Å²) in [4.78, 5) is 4.68. The fourth-order valence-corrected chi connectivity index (χ4v) is 4.81. The number of furan rings is 2.